The van der Waals surface area contributed by atoms with Gasteiger partial charge in [0.2, 0.25) is 0 Å². The maximum Gasteiger partial charge on any atom is 0.310 e. The smallest absolute Gasteiger partial charge is 0.310 e. The van der Waals surface area contributed by atoms with Gasteiger partial charge in [-0.25, -0.2) is 0 Å². The Kier molecular flexibility index (Phi) is 4.70. The summed E-state index contributed by atoms with van der Waals surface area (Å²) in [6.45, 7) is -0.134. The Balaban J connectivity index is 1.89. The zero-order valence-corrected chi connectivity index (χ0v) is 13.7. The lowest BCUT2D eigenvalue weighted by molar-refractivity contribution is -0.150. The molecule has 0 saturated carbocycles. The van der Waals surface area contributed by atoms with E-state index in [1.165, 1.54) is 12.7 Å². The van der Waals surface area contributed by atoms with Gasteiger partial charge in [-0.15, -0.1) is 0 Å². The number of carbonyl (C=O) groups excluding carboxylic acids is 1. The lowest BCUT2D eigenvalue weighted by Gasteiger charge is -2.41. The van der Waals surface area contributed by atoms with E-state index in [4.69, 9.17) is 9.84 Å². The van der Waals surface area contributed by atoms with Crippen molar-refractivity contribution in [2.45, 2.75) is 37.3 Å². The van der Waals surface area contributed by atoms with Crippen molar-refractivity contribution in [2.24, 2.45) is 5.92 Å². The molecule has 2 bridgehead atoms. The molecular formula is C19H23NO3. The van der Waals surface area contributed by atoms with Crippen LogP contribution < -0.4 is 0 Å². The predicted octanol–water partition coefficient (Wildman–Crippen LogP) is 1.77. The number of ether oxygens (including phenoxy) is 1. The van der Waals surface area contributed by atoms with Gasteiger partial charge >= 0.3 is 5.97 Å². The van der Waals surface area contributed by atoms with Crippen molar-refractivity contribution in [1.82, 2.24) is 4.90 Å². The van der Waals surface area contributed by atoms with Gasteiger partial charge in [0.1, 0.15) is 6.61 Å². The van der Waals surface area contributed by atoms with Crippen LogP contribution in [0.5, 0.6) is 0 Å². The molecule has 0 aromatic heterocycles. The van der Waals surface area contributed by atoms with Crippen LogP contribution in [0.3, 0.4) is 0 Å². The zero-order valence-electron chi connectivity index (χ0n) is 13.7. The highest BCUT2D eigenvalue weighted by atomic mass is 16.5. The normalized spacial score (nSPS) is 29.7. The van der Waals surface area contributed by atoms with E-state index in [9.17, 15) is 4.79 Å². The third-order valence-electron chi connectivity index (χ3n) is 5.39. The molecule has 1 aromatic carbocycles. The lowest BCUT2D eigenvalue weighted by Crippen LogP contribution is -2.49. The molecule has 4 nitrogen and oxygen atoms in total. The van der Waals surface area contributed by atoms with E-state index in [1.807, 2.05) is 12.1 Å². The topological polar surface area (TPSA) is 49.8 Å². The summed E-state index contributed by atoms with van der Waals surface area (Å²) in [5.41, 5.74) is 2.06. The van der Waals surface area contributed by atoms with Gasteiger partial charge in [-0.05, 0) is 44.0 Å². The Morgan fingerprint density at radius 3 is 2.74 bits per heavy atom. The van der Waals surface area contributed by atoms with E-state index < -0.39 is 0 Å². The first kappa shape index (κ1) is 16.0. The SMILES string of the molecule is COC(=O)C1C(c2ccc(C#CCO)cc2)CC2CCC1N2C. The fourth-order valence-electron chi connectivity index (χ4n) is 4.22. The maximum absolute atomic E-state index is 12.4. The van der Waals surface area contributed by atoms with Crippen LogP contribution in [0.15, 0.2) is 24.3 Å². The minimum atomic E-state index is -0.134. The summed E-state index contributed by atoms with van der Waals surface area (Å²) in [5.74, 6) is 5.57. The highest BCUT2D eigenvalue weighted by molar-refractivity contribution is 5.75. The highest BCUT2D eigenvalue weighted by Gasteiger charge is 2.49. The van der Waals surface area contributed by atoms with E-state index in [-0.39, 0.29) is 30.5 Å². The Morgan fingerprint density at radius 2 is 2.09 bits per heavy atom. The van der Waals surface area contributed by atoms with Crippen molar-refractivity contribution in [3.8, 4) is 11.8 Å². The van der Waals surface area contributed by atoms with Crippen molar-refractivity contribution < 1.29 is 14.6 Å². The summed E-state index contributed by atoms with van der Waals surface area (Å²) < 4.78 is 5.10. The summed E-state index contributed by atoms with van der Waals surface area (Å²) in [4.78, 5) is 14.8. The molecule has 2 aliphatic rings. The molecule has 0 amide bonds. The standard InChI is InChI=1S/C19H23NO3/c1-20-15-9-10-17(20)18(19(22)23-2)16(12-15)14-7-5-13(6-8-14)4-3-11-21/h5-8,15-18,21H,9-12H2,1-2H3. The van der Waals surface area contributed by atoms with Crippen molar-refractivity contribution in [3.05, 3.63) is 35.4 Å². The number of methoxy groups -OCH3 is 1. The molecule has 1 N–H and O–H groups in total. The molecule has 0 radical (unpaired) electrons. The van der Waals surface area contributed by atoms with Crippen molar-refractivity contribution in [3.63, 3.8) is 0 Å². The predicted molar refractivity (Wildman–Crippen MR) is 87.8 cm³/mol. The number of nitrogens with zero attached hydrogens (tertiary/aromatic N) is 1. The van der Waals surface area contributed by atoms with E-state index in [0.717, 1.165) is 24.8 Å². The molecular weight excluding hydrogens is 290 g/mol. The number of carbonyl (C=O) groups is 1. The van der Waals surface area contributed by atoms with Gasteiger partial charge in [-0.1, -0.05) is 24.0 Å². The fraction of sp³-hybridized carbons (Fsp3) is 0.526. The minimum Gasteiger partial charge on any atom is -0.469 e. The molecule has 2 heterocycles. The van der Waals surface area contributed by atoms with Gasteiger partial charge in [0.15, 0.2) is 0 Å². The fourth-order valence-corrected chi connectivity index (χ4v) is 4.22. The highest BCUT2D eigenvalue weighted by Crippen LogP contribution is 2.46. The number of hydrogen-bond acceptors (Lipinski definition) is 4. The van der Waals surface area contributed by atoms with Crippen LogP contribution in [0.4, 0.5) is 0 Å². The van der Waals surface area contributed by atoms with E-state index in [0.29, 0.717) is 6.04 Å². The van der Waals surface area contributed by atoms with Crippen LogP contribution in [0.1, 0.15) is 36.3 Å². The quantitative estimate of drug-likeness (QED) is 0.668. The van der Waals surface area contributed by atoms with Crippen LogP contribution >= 0.6 is 0 Å². The van der Waals surface area contributed by atoms with Crippen LogP contribution in [-0.2, 0) is 9.53 Å². The Hall–Kier alpha value is -1.83. The van der Waals surface area contributed by atoms with Crippen molar-refractivity contribution >= 4 is 5.97 Å². The average molecular weight is 313 g/mol. The molecule has 1 aromatic rings. The van der Waals surface area contributed by atoms with E-state index in [2.05, 4.69) is 35.9 Å². The van der Waals surface area contributed by atoms with Gasteiger partial charge in [-0.2, -0.15) is 0 Å². The first-order valence-corrected chi connectivity index (χ1v) is 8.15. The summed E-state index contributed by atoms with van der Waals surface area (Å²) in [5, 5.41) is 8.77. The molecule has 0 spiro atoms. The number of aliphatic hydroxyl groups excluding tert-OH is 1. The molecule has 3 rings (SSSR count). The van der Waals surface area contributed by atoms with Gasteiger partial charge in [0.05, 0.1) is 13.0 Å². The van der Waals surface area contributed by atoms with Crippen molar-refractivity contribution in [2.75, 3.05) is 20.8 Å². The molecule has 4 atom stereocenters. The summed E-state index contributed by atoms with van der Waals surface area (Å²) in [7, 11) is 3.61. The monoisotopic (exact) mass is 313 g/mol. The number of hydrogen-bond donors (Lipinski definition) is 1. The number of esters is 1. The number of piperidine rings is 1. The molecule has 4 heteroatoms. The molecule has 2 saturated heterocycles. The van der Waals surface area contributed by atoms with Gasteiger partial charge in [0, 0.05) is 23.6 Å². The molecule has 23 heavy (non-hydrogen) atoms. The van der Waals surface area contributed by atoms with Gasteiger partial charge < -0.3 is 9.84 Å². The van der Waals surface area contributed by atoms with Crippen LogP contribution in [0.2, 0.25) is 0 Å². The molecule has 2 aliphatic heterocycles. The Bertz CT molecular complexity index is 628. The molecule has 4 unspecified atom stereocenters. The second kappa shape index (κ2) is 6.74. The third kappa shape index (κ3) is 2.99. The van der Waals surface area contributed by atoms with Gasteiger partial charge in [-0.3, -0.25) is 9.69 Å². The maximum atomic E-state index is 12.4. The number of rotatable bonds is 2. The third-order valence-corrected chi connectivity index (χ3v) is 5.39. The Labute approximate surface area is 137 Å². The second-order valence-electron chi connectivity index (χ2n) is 6.44. The summed E-state index contributed by atoms with van der Waals surface area (Å²) in [6, 6.07) is 8.89. The number of benzene rings is 1. The minimum absolute atomic E-state index is 0.0990. The molecule has 122 valence electrons. The molecule has 2 fully saturated rings. The lowest BCUT2D eigenvalue weighted by atomic mass is 9.76. The van der Waals surface area contributed by atoms with E-state index in [1.54, 1.807) is 0 Å². The Morgan fingerprint density at radius 1 is 1.35 bits per heavy atom. The number of aliphatic hydroxyl groups is 1. The largest absolute Gasteiger partial charge is 0.469 e. The first-order chi connectivity index (χ1) is 11.2. The zero-order chi connectivity index (χ0) is 16.4. The first-order valence-electron chi connectivity index (χ1n) is 8.15. The molecule has 0 aliphatic carbocycles. The summed E-state index contributed by atoms with van der Waals surface area (Å²) in [6.07, 6.45) is 3.22. The number of fused-ring (bicyclic) bond motifs is 2. The summed E-state index contributed by atoms with van der Waals surface area (Å²) >= 11 is 0. The van der Waals surface area contributed by atoms with Gasteiger partial charge in [0.25, 0.3) is 0 Å². The van der Waals surface area contributed by atoms with Crippen molar-refractivity contribution in [1.29, 1.82) is 0 Å². The second-order valence-corrected chi connectivity index (χ2v) is 6.44. The van der Waals surface area contributed by atoms with Crippen LogP contribution in [-0.4, -0.2) is 48.8 Å². The van der Waals surface area contributed by atoms with Crippen LogP contribution in [0, 0.1) is 17.8 Å². The van der Waals surface area contributed by atoms with E-state index >= 15 is 0 Å². The van der Waals surface area contributed by atoms with Crippen LogP contribution in [0.25, 0.3) is 0 Å². The average Bonchev–Trinajstić information content (AvgIpc) is 2.82.